The number of esters is 1. The second kappa shape index (κ2) is 8.30. The molecule has 0 aromatic rings. The zero-order chi connectivity index (χ0) is 12.6. The van der Waals surface area contributed by atoms with E-state index in [0.29, 0.717) is 18.6 Å². The van der Waals surface area contributed by atoms with Crippen LogP contribution in [0.4, 0.5) is 0 Å². The van der Waals surface area contributed by atoms with Gasteiger partial charge in [-0.05, 0) is 20.8 Å². The van der Waals surface area contributed by atoms with Gasteiger partial charge < -0.3 is 14.2 Å². The minimum Gasteiger partial charge on any atom is -0.460 e. The summed E-state index contributed by atoms with van der Waals surface area (Å²) in [4.78, 5) is 11.5. The van der Waals surface area contributed by atoms with Crippen LogP contribution in [0.15, 0.2) is 12.2 Å². The van der Waals surface area contributed by atoms with Crippen molar-refractivity contribution in [1.29, 1.82) is 0 Å². The first-order valence-electron chi connectivity index (χ1n) is 5.50. The van der Waals surface area contributed by atoms with Crippen LogP contribution in [0.25, 0.3) is 0 Å². The summed E-state index contributed by atoms with van der Waals surface area (Å²) in [6, 6.07) is 0. The van der Waals surface area contributed by atoms with Gasteiger partial charge in [-0.2, -0.15) is 0 Å². The van der Waals surface area contributed by atoms with Gasteiger partial charge in [-0.3, -0.25) is 0 Å². The number of hydrogen-bond acceptors (Lipinski definition) is 4. The molecule has 0 spiro atoms. The standard InChI is InChI=1S/C12H22O4/c1-6-15-10(3)7-9(2)12(13)16-8-11(4)14-5/h10-11H,2,6-8H2,1,3-5H3. The number of methoxy groups -OCH3 is 1. The first-order chi connectivity index (χ1) is 7.51. The zero-order valence-corrected chi connectivity index (χ0v) is 10.6. The molecule has 94 valence electrons. The zero-order valence-electron chi connectivity index (χ0n) is 10.6. The van der Waals surface area contributed by atoms with Crippen LogP contribution in [0.1, 0.15) is 27.2 Å². The molecule has 0 aliphatic heterocycles. The number of carbonyl (C=O) groups excluding carboxylic acids is 1. The molecule has 16 heavy (non-hydrogen) atoms. The van der Waals surface area contributed by atoms with Crippen molar-refractivity contribution >= 4 is 5.97 Å². The van der Waals surface area contributed by atoms with Gasteiger partial charge in [0.15, 0.2) is 0 Å². The second-order valence-electron chi connectivity index (χ2n) is 3.72. The molecule has 0 fully saturated rings. The molecule has 2 atom stereocenters. The molecule has 0 saturated heterocycles. The van der Waals surface area contributed by atoms with Gasteiger partial charge in [-0.1, -0.05) is 6.58 Å². The van der Waals surface area contributed by atoms with E-state index in [0.717, 1.165) is 0 Å². The fourth-order valence-corrected chi connectivity index (χ4v) is 1.14. The molecule has 0 bridgehead atoms. The third-order valence-corrected chi connectivity index (χ3v) is 2.13. The Balaban J connectivity index is 3.86. The summed E-state index contributed by atoms with van der Waals surface area (Å²) in [6.45, 7) is 10.2. The minimum absolute atomic E-state index is 0.00935. The lowest BCUT2D eigenvalue weighted by atomic mass is 10.1. The third-order valence-electron chi connectivity index (χ3n) is 2.13. The van der Waals surface area contributed by atoms with Crippen LogP contribution in [0.5, 0.6) is 0 Å². The average molecular weight is 230 g/mol. The number of ether oxygens (including phenoxy) is 3. The normalized spacial score (nSPS) is 14.2. The summed E-state index contributed by atoms with van der Waals surface area (Å²) >= 11 is 0. The summed E-state index contributed by atoms with van der Waals surface area (Å²) in [7, 11) is 1.57. The van der Waals surface area contributed by atoms with E-state index in [4.69, 9.17) is 14.2 Å². The monoisotopic (exact) mass is 230 g/mol. The Hall–Kier alpha value is -0.870. The van der Waals surface area contributed by atoms with Gasteiger partial charge in [-0.25, -0.2) is 4.79 Å². The van der Waals surface area contributed by atoms with Crippen LogP contribution in [-0.4, -0.2) is 38.5 Å². The molecule has 0 aliphatic carbocycles. The molecule has 0 aliphatic rings. The van der Waals surface area contributed by atoms with E-state index < -0.39 is 0 Å². The van der Waals surface area contributed by atoms with Crippen LogP contribution in [-0.2, 0) is 19.0 Å². The molecule has 0 aromatic heterocycles. The highest BCUT2D eigenvalue weighted by atomic mass is 16.6. The molecule has 0 heterocycles. The van der Waals surface area contributed by atoms with Gasteiger partial charge in [0.25, 0.3) is 0 Å². The quantitative estimate of drug-likeness (QED) is 0.472. The van der Waals surface area contributed by atoms with E-state index in [-0.39, 0.29) is 24.8 Å². The van der Waals surface area contributed by atoms with Crippen molar-refractivity contribution in [2.45, 2.75) is 39.4 Å². The Morgan fingerprint density at radius 2 is 1.94 bits per heavy atom. The molecule has 0 radical (unpaired) electrons. The van der Waals surface area contributed by atoms with E-state index in [2.05, 4.69) is 6.58 Å². The second-order valence-corrected chi connectivity index (χ2v) is 3.72. The molecule has 0 rings (SSSR count). The SMILES string of the molecule is C=C(CC(C)OCC)C(=O)OCC(C)OC. The summed E-state index contributed by atoms with van der Waals surface area (Å²) in [6.07, 6.45) is 0.388. The molecule has 0 N–H and O–H groups in total. The van der Waals surface area contributed by atoms with E-state index in [1.165, 1.54) is 0 Å². The van der Waals surface area contributed by atoms with Crippen LogP contribution in [0.3, 0.4) is 0 Å². The van der Waals surface area contributed by atoms with E-state index in [1.807, 2.05) is 20.8 Å². The maximum atomic E-state index is 11.5. The van der Waals surface area contributed by atoms with Crippen LogP contribution >= 0.6 is 0 Å². The molecular formula is C12H22O4. The highest BCUT2D eigenvalue weighted by molar-refractivity contribution is 5.87. The van der Waals surface area contributed by atoms with Crippen molar-refractivity contribution in [3.63, 3.8) is 0 Å². The predicted octanol–water partition coefficient (Wildman–Crippen LogP) is 1.94. The smallest absolute Gasteiger partial charge is 0.333 e. The molecule has 0 aromatic carbocycles. The van der Waals surface area contributed by atoms with Crippen molar-refractivity contribution in [2.24, 2.45) is 0 Å². The number of rotatable bonds is 8. The van der Waals surface area contributed by atoms with Crippen LogP contribution in [0.2, 0.25) is 0 Å². The highest BCUT2D eigenvalue weighted by Gasteiger charge is 2.13. The largest absolute Gasteiger partial charge is 0.460 e. The van der Waals surface area contributed by atoms with Crippen molar-refractivity contribution in [3.8, 4) is 0 Å². The van der Waals surface area contributed by atoms with Crippen LogP contribution < -0.4 is 0 Å². The minimum atomic E-state index is -0.379. The fraction of sp³-hybridized carbons (Fsp3) is 0.750. The Kier molecular flexibility index (Phi) is 7.85. The summed E-state index contributed by atoms with van der Waals surface area (Å²) in [5.41, 5.74) is 0.434. The maximum absolute atomic E-state index is 11.5. The number of carbonyl (C=O) groups is 1. The molecule has 0 saturated carbocycles. The fourth-order valence-electron chi connectivity index (χ4n) is 1.14. The van der Waals surface area contributed by atoms with Gasteiger partial charge in [0.1, 0.15) is 6.61 Å². The first-order valence-corrected chi connectivity index (χ1v) is 5.50. The summed E-state index contributed by atoms with van der Waals surface area (Å²) < 4.78 is 15.3. The molecule has 2 unspecified atom stereocenters. The van der Waals surface area contributed by atoms with Gasteiger partial charge >= 0.3 is 5.97 Å². The first kappa shape index (κ1) is 15.1. The lowest BCUT2D eigenvalue weighted by Gasteiger charge is -2.14. The third kappa shape index (κ3) is 6.58. The Morgan fingerprint density at radius 1 is 1.31 bits per heavy atom. The summed E-state index contributed by atoms with van der Waals surface area (Å²) in [5, 5.41) is 0. The number of hydrogen-bond donors (Lipinski definition) is 0. The summed E-state index contributed by atoms with van der Waals surface area (Å²) in [5.74, 6) is -0.379. The molecule has 4 heteroatoms. The van der Waals surface area contributed by atoms with E-state index in [1.54, 1.807) is 7.11 Å². The Labute approximate surface area is 97.6 Å². The van der Waals surface area contributed by atoms with E-state index >= 15 is 0 Å². The molecular weight excluding hydrogens is 208 g/mol. The Morgan fingerprint density at radius 3 is 2.44 bits per heavy atom. The van der Waals surface area contributed by atoms with Gasteiger partial charge in [0, 0.05) is 25.7 Å². The van der Waals surface area contributed by atoms with Gasteiger partial charge in [0.2, 0.25) is 0 Å². The van der Waals surface area contributed by atoms with E-state index in [9.17, 15) is 4.79 Å². The Bertz CT molecular complexity index is 225. The van der Waals surface area contributed by atoms with Gasteiger partial charge in [0.05, 0.1) is 12.2 Å². The van der Waals surface area contributed by atoms with Crippen molar-refractivity contribution in [3.05, 3.63) is 12.2 Å². The topological polar surface area (TPSA) is 44.8 Å². The molecule has 4 nitrogen and oxygen atoms in total. The lowest BCUT2D eigenvalue weighted by Crippen LogP contribution is -2.20. The lowest BCUT2D eigenvalue weighted by molar-refractivity contribution is -0.142. The molecule has 0 amide bonds. The van der Waals surface area contributed by atoms with Crippen LogP contribution in [0, 0.1) is 0 Å². The predicted molar refractivity (Wildman–Crippen MR) is 62.3 cm³/mol. The van der Waals surface area contributed by atoms with Crippen molar-refractivity contribution < 1.29 is 19.0 Å². The van der Waals surface area contributed by atoms with Crippen molar-refractivity contribution in [1.82, 2.24) is 0 Å². The maximum Gasteiger partial charge on any atom is 0.333 e. The van der Waals surface area contributed by atoms with Gasteiger partial charge in [-0.15, -0.1) is 0 Å². The highest BCUT2D eigenvalue weighted by Crippen LogP contribution is 2.08. The van der Waals surface area contributed by atoms with Crippen molar-refractivity contribution in [2.75, 3.05) is 20.3 Å². The average Bonchev–Trinajstić information content (AvgIpc) is 2.25.